The Morgan fingerprint density at radius 2 is 2.19 bits per heavy atom. The summed E-state index contributed by atoms with van der Waals surface area (Å²) in [7, 11) is -1.79. The van der Waals surface area contributed by atoms with Gasteiger partial charge in [0.05, 0.1) is 6.54 Å². The second-order valence-corrected chi connectivity index (χ2v) is 3.43. The van der Waals surface area contributed by atoms with Crippen LogP contribution in [0.1, 0.15) is 5.56 Å². The quantitative estimate of drug-likeness (QED) is 0.701. The first kappa shape index (κ1) is 10.8. The smallest absolute Gasteiger partial charge is 0.423 e. The number of halogens is 1. The van der Waals surface area contributed by atoms with Crippen molar-refractivity contribution in [1.82, 2.24) is 9.78 Å². The van der Waals surface area contributed by atoms with Gasteiger partial charge in [0.2, 0.25) is 0 Å². The topological polar surface area (TPSA) is 58.3 Å². The van der Waals surface area contributed by atoms with E-state index in [1.54, 1.807) is 29.2 Å². The van der Waals surface area contributed by atoms with Crippen LogP contribution in [0.3, 0.4) is 0 Å². The maximum Gasteiger partial charge on any atom is 0.491 e. The number of hydrogen-bond donors (Lipinski definition) is 2. The number of rotatable bonds is 3. The molecule has 0 saturated heterocycles. The summed E-state index contributed by atoms with van der Waals surface area (Å²) in [5, 5.41) is 21.9. The predicted octanol–water partition coefficient (Wildman–Crippen LogP) is -0.250. The van der Waals surface area contributed by atoms with E-state index in [0.29, 0.717) is 6.54 Å². The molecule has 2 N–H and O–H groups in total. The molecule has 4 nitrogen and oxygen atoms in total. The molecule has 16 heavy (non-hydrogen) atoms. The summed E-state index contributed by atoms with van der Waals surface area (Å²) in [4.78, 5) is 0. The molecule has 0 aliphatic heterocycles. The second-order valence-electron chi connectivity index (χ2n) is 3.43. The van der Waals surface area contributed by atoms with Crippen molar-refractivity contribution in [1.29, 1.82) is 0 Å². The van der Waals surface area contributed by atoms with Crippen LogP contribution in [-0.2, 0) is 6.54 Å². The van der Waals surface area contributed by atoms with Crippen molar-refractivity contribution < 1.29 is 14.4 Å². The molecule has 2 aromatic rings. The Bertz CT molecular complexity index is 474. The first-order valence-corrected chi connectivity index (χ1v) is 4.78. The third-order valence-corrected chi connectivity index (χ3v) is 2.24. The van der Waals surface area contributed by atoms with E-state index in [9.17, 15) is 4.39 Å². The highest BCUT2D eigenvalue weighted by molar-refractivity contribution is 6.58. The molecular formula is C10H10BFN2O2. The van der Waals surface area contributed by atoms with Crippen LogP contribution in [-0.4, -0.2) is 26.9 Å². The van der Waals surface area contributed by atoms with Crippen molar-refractivity contribution in [3.63, 3.8) is 0 Å². The lowest BCUT2D eigenvalue weighted by atomic mass is 9.79. The Morgan fingerprint density at radius 3 is 2.81 bits per heavy atom. The lowest BCUT2D eigenvalue weighted by Crippen LogP contribution is -2.33. The van der Waals surface area contributed by atoms with E-state index in [2.05, 4.69) is 5.10 Å². The van der Waals surface area contributed by atoms with Crippen LogP contribution >= 0.6 is 0 Å². The molecule has 1 heterocycles. The van der Waals surface area contributed by atoms with Gasteiger partial charge in [-0.1, -0.05) is 12.1 Å². The first-order valence-electron chi connectivity index (χ1n) is 4.78. The van der Waals surface area contributed by atoms with Gasteiger partial charge in [-0.25, -0.2) is 4.39 Å². The third-order valence-electron chi connectivity index (χ3n) is 2.24. The molecule has 0 aliphatic rings. The molecule has 82 valence electrons. The fourth-order valence-electron chi connectivity index (χ4n) is 1.47. The molecule has 0 radical (unpaired) electrons. The molecule has 0 fully saturated rings. The molecule has 1 aromatic heterocycles. The largest absolute Gasteiger partial charge is 0.491 e. The average molecular weight is 220 g/mol. The van der Waals surface area contributed by atoms with Gasteiger partial charge in [0.25, 0.3) is 0 Å². The number of benzene rings is 1. The third kappa shape index (κ3) is 2.29. The van der Waals surface area contributed by atoms with E-state index < -0.39 is 12.9 Å². The van der Waals surface area contributed by atoms with Crippen LogP contribution in [0.4, 0.5) is 4.39 Å². The maximum absolute atomic E-state index is 13.2. The van der Waals surface area contributed by atoms with Crippen molar-refractivity contribution >= 4 is 12.6 Å². The normalized spacial score (nSPS) is 10.4. The standard InChI is InChI=1S/C10H10BFN2O2/c12-10-3-2-8(6-9(10)11(15)16)7-14-5-1-4-13-14/h1-6,15-16H,7H2. The Hall–Kier alpha value is -1.66. The zero-order valence-corrected chi connectivity index (χ0v) is 8.42. The summed E-state index contributed by atoms with van der Waals surface area (Å²) in [6, 6.07) is 6.00. The van der Waals surface area contributed by atoms with Gasteiger partial charge in [-0.05, 0) is 17.7 Å². The fraction of sp³-hybridized carbons (Fsp3) is 0.100. The van der Waals surface area contributed by atoms with Crippen LogP contribution in [0.25, 0.3) is 0 Å². The van der Waals surface area contributed by atoms with Crippen molar-refractivity contribution in [3.05, 3.63) is 48.0 Å². The molecule has 0 unspecified atom stereocenters. The summed E-state index contributed by atoms with van der Waals surface area (Å²) in [5.41, 5.74) is 0.637. The van der Waals surface area contributed by atoms with E-state index in [1.165, 1.54) is 12.1 Å². The Kier molecular flexibility index (Phi) is 3.03. The van der Waals surface area contributed by atoms with Gasteiger partial charge in [-0.3, -0.25) is 4.68 Å². The first-order chi connectivity index (χ1) is 7.66. The van der Waals surface area contributed by atoms with E-state index >= 15 is 0 Å². The summed E-state index contributed by atoms with van der Waals surface area (Å²) in [6.45, 7) is 0.465. The Morgan fingerprint density at radius 1 is 1.38 bits per heavy atom. The number of hydrogen-bond acceptors (Lipinski definition) is 3. The maximum atomic E-state index is 13.2. The van der Waals surface area contributed by atoms with Gasteiger partial charge in [0.15, 0.2) is 0 Å². The summed E-state index contributed by atoms with van der Waals surface area (Å²) < 4.78 is 14.8. The van der Waals surface area contributed by atoms with Crippen molar-refractivity contribution in [3.8, 4) is 0 Å². The van der Waals surface area contributed by atoms with Gasteiger partial charge in [-0.2, -0.15) is 5.10 Å². The van der Waals surface area contributed by atoms with Crippen molar-refractivity contribution in [2.45, 2.75) is 6.54 Å². The molecule has 0 saturated carbocycles. The van der Waals surface area contributed by atoms with Gasteiger partial charge in [-0.15, -0.1) is 0 Å². The number of aromatic nitrogens is 2. The van der Waals surface area contributed by atoms with Gasteiger partial charge < -0.3 is 10.0 Å². The monoisotopic (exact) mass is 220 g/mol. The zero-order chi connectivity index (χ0) is 11.5. The van der Waals surface area contributed by atoms with Crippen LogP contribution in [0, 0.1) is 5.82 Å². The lowest BCUT2D eigenvalue weighted by molar-refractivity contribution is 0.423. The van der Waals surface area contributed by atoms with Crippen LogP contribution in [0.2, 0.25) is 0 Å². The van der Waals surface area contributed by atoms with Gasteiger partial charge >= 0.3 is 7.12 Å². The molecule has 0 aliphatic carbocycles. The zero-order valence-electron chi connectivity index (χ0n) is 8.42. The van der Waals surface area contributed by atoms with E-state index in [4.69, 9.17) is 10.0 Å². The molecule has 2 rings (SSSR count). The predicted molar refractivity (Wildman–Crippen MR) is 57.6 cm³/mol. The van der Waals surface area contributed by atoms with Crippen molar-refractivity contribution in [2.24, 2.45) is 0 Å². The molecule has 0 bridgehead atoms. The highest BCUT2D eigenvalue weighted by atomic mass is 19.1. The average Bonchev–Trinajstić information content (AvgIpc) is 2.73. The Balaban J connectivity index is 2.26. The minimum Gasteiger partial charge on any atom is -0.423 e. The SMILES string of the molecule is OB(O)c1cc(Cn2cccn2)ccc1F. The summed E-state index contributed by atoms with van der Waals surface area (Å²) in [5.74, 6) is -0.626. The highest BCUT2D eigenvalue weighted by Gasteiger charge is 2.16. The second kappa shape index (κ2) is 4.46. The van der Waals surface area contributed by atoms with E-state index in [1.807, 2.05) is 0 Å². The van der Waals surface area contributed by atoms with Crippen molar-refractivity contribution in [2.75, 3.05) is 0 Å². The summed E-state index contributed by atoms with van der Waals surface area (Å²) >= 11 is 0. The molecule has 0 spiro atoms. The molecular weight excluding hydrogens is 210 g/mol. The van der Waals surface area contributed by atoms with E-state index in [-0.39, 0.29) is 5.46 Å². The fourth-order valence-corrected chi connectivity index (χ4v) is 1.47. The highest BCUT2D eigenvalue weighted by Crippen LogP contribution is 2.03. The summed E-state index contributed by atoms with van der Waals surface area (Å²) in [6.07, 6.45) is 3.42. The van der Waals surface area contributed by atoms with Crippen LogP contribution in [0.5, 0.6) is 0 Å². The van der Waals surface area contributed by atoms with Crippen LogP contribution < -0.4 is 5.46 Å². The van der Waals surface area contributed by atoms with Crippen LogP contribution in [0.15, 0.2) is 36.7 Å². The molecule has 0 amide bonds. The Labute approximate surface area is 92.1 Å². The minimum absolute atomic E-state index is 0.121. The molecule has 6 heteroatoms. The van der Waals surface area contributed by atoms with Gasteiger partial charge in [0.1, 0.15) is 5.82 Å². The minimum atomic E-state index is -1.79. The molecule has 1 aromatic carbocycles. The molecule has 0 atom stereocenters. The van der Waals surface area contributed by atoms with E-state index in [0.717, 1.165) is 5.56 Å². The van der Waals surface area contributed by atoms with Gasteiger partial charge in [0, 0.05) is 17.9 Å². The number of nitrogens with zero attached hydrogens (tertiary/aromatic N) is 2. The lowest BCUT2D eigenvalue weighted by Gasteiger charge is -2.06.